The van der Waals surface area contributed by atoms with Crippen LogP contribution in [-0.2, 0) is 25.8 Å². The highest BCUT2D eigenvalue weighted by molar-refractivity contribution is 7.91. The zero-order valence-corrected chi connectivity index (χ0v) is 18.5. The van der Waals surface area contributed by atoms with E-state index in [0.717, 1.165) is 11.8 Å². The maximum Gasteiger partial charge on any atom is 0.410 e. The van der Waals surface area contributed by atoms with Crippen LogP contribution < -0.4 is 5.32 Å². The molecule has 1 aliphatic heterocycles. The summed E-state index contributed by atoms with van der Waals surface area (Å²) in [6.45, 7) is 6.17. The molecule has 2 rings (SSSR count). The van der Waals surface area contributed by atoms with Crippen molar-refractivity contribution in [1.82, 2.24) is 10.2 Å². The lowest BCUT2D eigenvalue weighted by molar-refractivity contribution is -0.121. The maximum atomic E-state index is 12.5. The molecule has 0 radical (unpaired) electrons. The van der Waals surface area contributed by atoms with E-state index in [4.69, 9.17) is 4.74 Å². The first kappa shape index (κ1) is 23.2. The Morgan fingerprint density at radius 1 is 1.24 bits per heavy atom. The van der Waals surface area contributed by atoms with E-state index in [0.29, 0.717) is 32.4 Å². The standard InChI is InChI=1S/C21H32N2O5S/c1-21(2,3)28-20(25)23-14-8-11-17(23)18(29(4,26)27)15-19(24)22-13-12-16-9-6-5-7-10-16/h5-7,9-10,17-18H,8,11-15H2,1-4H3,(H,22,24). The van der Waals surface area contributed by atoms with Gasteiger partial charge in [0.05, 0.1) is 11.3 Å². The van der Waals surface area contributed by atoms with Gasteiger partial charge in [-0.3, -0.25) is 4.79 Å². The lowest BCUT2D eigenvalue weighted by Gasteiger charge is -2.32. The Hall–Kier alpha value is -2.09. The zero-order valence-electron chi connectivity index (χ0n) is 17.7. The lowest BCUT2D eigenvalue weighted by Crippen LogP contribution is -2.49. The Balaban J connectivity index is 2.01. The summed E-state index contributed by atoms with van der Waals surface area (Å²) < 4.78 is 30.3. The van der Waals surface area contributed by atoms with Crippen LogP contribution in [0.2, 0.25) is 0 Å². The van der Waals surface area contributed by atoms with Gasteiger partial charge in [-0.25, -0.2) is 13.2 Å². The van der Waals surface area contributed by atoms with E-state index in [-0.39, 0.29) is 12.3 Å². The quantitative estimate of drug-likeness (QED) is 0.726. The fourth-order valence-electron chi connectivity index (χ4n) is 3.54. The molecule has 1 aromatic carbocycles. The molecule has 1 heterocycles. The Kier molecular flexibility index (Phi) is 7.68. The van der Waals surface area contributed by atoms with Crippen LogP contribution in [-0.4, -0.2) is 61.6 Å². The third kappa shape index (κ3) is 7.34. The molecular formula is C21H32N2O5S. The second-order valence-electron chi connectivity index (χ2n) is 8.54. The van der Waals surface area contributed by atoms with Gasteiger partial charge in [-0.2, -0.15) is 0 Å². The molecule has 162 valence electrons. The van der Waals surface area contributed by atoms with Gasteiger partial charge < -0.3 is 15.0 Å². The molecule has 29 heavy (non-hydrogen) atoms. The van der Waals surface area contributed by atoms with Gasteiger partial charge in [0.2, 0.25) is 5.91 Å². The Morgan fingerprint density at radius 2 is 1.90 bits per heavy atom. The molecule has 0 aliphatic carbocycles. The summed E-state index contributed by atoms with van der Waals surface area (Å²) in [6.07, 6.45) is 2.32. The molecule has 2 atom stereocenters. The summed E-state index contributed by atoms with van der Waals surface area (Å²) in [5.74, 6) is -0.326. The number of carbonyl (C=O) groups is 2. The number of hydrogen-bond acceptors (Lipinski definition) is 5. The molecule has 1 aliphatic rings. The summed E-state index contributed by atoms with van der Waals surface area (Å²) in [4.78, 5) is 26.4. The van der Waals surface area contributed by atoms with E-state index in [2.05, 4.69) is 5.32 Å². The van der Waals surface area contributed by atoms with Gasteiger partial charge in [0.15, 0.2) is 9.84 Å². The number of rotatable bonds is 7. The summed E-state index contributed by atoms with van der Waals surface area (Å²) in [5.41, 5.74) is 0.430. The fourth-order valence-corrected chi connectivity index (χ4v) is 4.85. The van der Waals surface area contributed by atoms with Gasteiger partial charge in [-0.15, -0.1) is 0 Å². The predicted octanol–water partition coefficient (Wildman–Crippen LogP) is 2.55. The van der Waals surface area contributed by atoms with Gasteiger partial charge in [-0.1, -0.05) is 30.3 Å². The molecule has 0 aromatic heterocycles. The zero-order chi connectivity index (χ0) is 21.7. The van der Waals surface area contributed by atoms with Gasteiger partial charge in [-0.05, 0) is 45.6 Å². The molecule has 8 heteroatoms. The average Bonchev–Trinajstić information content (AvgIpc) is 3.07. The number of nitrogens with one attached hydrogen (secondary N) is 1. The lowest BCUT2D eigenvalue weighted by atomic mass is 10.1. The van der Waals surface area contributed by atoms with E-state index in [9.17, 15) is 18.0 Å². The molecule has 2 unspecified atom stereocenters. The molecular weight excluding hydrogens is 392 g/mol. The molecule has 7 nitrogen and oxygen atoms in total. The number of likely N-dealkylation sites (tertiary alicyclic amines) is 1. The minimum Gasteiger partial charge on any atom is -0.444 e. The highest BCUT2D eigenvalue weighted by atomic mass is 32.2. The molecule has 1 aromatic rings. The number of amides is 2. The second kappa shape index (κ2) is 9.61. The number of carbonyl (C=O) groups excluding carboxylic acids is 2. The SMILES string of the molecule is CC(C)(C)OC(=O)N1CCCC1C(CC(=O)NCCc1ccccc1)S(C)(=O)=O. The van der Waals surface area contributed by atoms with Crippen LogP contribution in [0.3, 0.4) is 0 Å². The normalized spacial score (nSPS) is 18.3. The van der Waals surface area contributed by atoms with E-state index < -0.39 is 32.8 Å². The fraction of sp³-hybridized carbons (Fsp3) is 0.619. The monoisotopic (exact) mass is 424 g/mol. The van der Waals surface area contributed by atoms with E-state index in [1.165, 1.54) is 4.90 Å². The van der Waals surface area contributed by atoms with Crippen molar-refractivity contribution in [3.05, 3.63) is 35.9 Å². The van der Waals surface area contributed by atoms with Crippen molar-refractivity contribution in [1.29, 1.82) is 0 Å². The van der Waals surface area contributed by atoms with Crippen LogP contribution in [0.15, 0.2) is 30.3 Å². The Labute approximate surface area is 173 Å². The molecule has 1 N–H and O–H groups in total. The van der Waals surface area contributed by atoms with E-state index >= 15 is 0 Å². The molecule has 2 amide bonds. The summed E-state index contributed by atoms with van der Waals surface area (Å²) >= 11 is 0. The third-order valence-electron chi connectivity index (χ3n) is 4.87. The van der Waals surface area contributed by atoms with E-state index in [1.54, 1.807) is 20.8 Å². The van der Waals surface area contributed by atoms with Crippen LogP contribution in [0, 0.1) is 0 Å². The largest absolute Gasteiger partial charge is 0.444 e. The second-order valence-corrected chi connectivity index (χ2v) is 10.8. The maximum absolute atomic E-state index is 12.5. The smallest absolute Gasteiger partial charge is 0.410 e. The predicted molar refractivity (Wildman–Crippen MR) is 112 cm³/mol. The number of sulfone groups is 1. The van der Waals surface area contributed by atoms with Crippen molar-refractivity contribution in [3.63, 3.8) is 0 Å². The van der Waals surface area contributed by atoms with Crippen LogP contribution in [0.5, 0.6) is 0 Å². The Bertz CT molecular complexity index is 802. The van der Waals surface area contributed by atoms with Gasteiger partial charge >= 0.3 is 6.09 Å². The number of nitrogens with zero attached hydrogens (tertiary/aromatic N) is 1. The van der Waals surface area contributed by atoms with Crippen molar-refractivity contribution < 1.29 is 22.7 Å². The van der Waals surface area contributed by atoms with E-state index in [1.807, 2.05) is 30.3 Å². The highest BCUT2D eigenvalue weighted by Crippen LogP contribution is 2.28. The first-order valence-electron chi connectivity index (χ1n) is 9.96. The minimum absolute atomic E-state index is 0.169. The first-order chi connectivity index (χ1) is 13.5. The average molecular weight is 425 g/mol. The van der Waals surface area contributed by atoms with Crippen LogP contribution in [0.1, 0.15) is 45.6 Å². The molecule has 1 saturated heterocycles. The van der Waals surface area contributed by atoms with Crippen LogP contribution in [0.25, 0.3) is 0 Å². The van der Waals surface area contributed by atoms with Gasteiger partial charge in [0.25, 0.3) is 0 Å². The van der Waals surface area contributed by atoms with Crippen molar-refractivity contribution >= 4 is 21.8 Å². The highest BCUT2D eigenvalue weighted by Gasteiger charge is 2.42. The summed E-state index contributed by atoms with van der Waals surface area (Å²) in [6, 6.07) is 9.19. The Morgan fingerprint density at radius 3 is 2.48 bits per heavy atom. The van der Waals surface area contributed by atoms with Crippen LogP contribution >= 0.6 is 0 Å². The van der Waals surface area contributed by atoms with Crippen molar-refractivity contribution in [2.24, 2.45) is 0 Å². The minimum atomic E-state index is -3.54. The number of hydrogen-bond donors (Lipinski definition) is 1. The van der Waals surface area contributed by atoms with Crippen molar-refractivity contribution in [2.75, 3.05) is 19.3 Å². The van der Waals surface area contributed by atoms with Gasteiger partial charge in [0.1, 0.15) is 5.60 Å². The van der Waals surface area contributed by atoms with Gasteiger partial charge in [0, 0.05) is 25.8 Å². The molecule has 1 fully saturated rings. The van der Waals surface area contributed by atoms with Crippen molar-refractivity contribution in [3.8, 4) is 0 Å². The van der Waals surface area contributed by atoms with Crippen LogP contribution in [0.4, 0.5) is 4.79 Å². The first-order valence-corrected chi connectivity index (χ1v) is 11.9. The molecule has 0 bridgehead atoms. The summed E-state index contributed by atoms with van der Waals surface area (Å²) in [7, 11) is -3.54. The topological polar surface area (TPSA) is 92.8 Å². The van der Waals surface area contributed by atoms with Crippen molar-refractivity contribution in [2.45, 2.75) is 63.3 Å². The summed E-state index contributed by atoms with van der Waals surface area (Å²) in [5, 5.41) is 1.85. The number of benzene rings is 1. The third-order valence-corrected chi connectivity index (χ3v) is 6.45. The molecule has 0 spiro atoms. The molecule has 0 saturated carbocycles. The number of ether oxygens (including phenoxy) is 1.